The second-order valence-electron chi connectivity index (χ2n) is 2.84. The second kappa shape index (κ2) is 5.98. The predicted molar refractivity (Wildman–Crippen MR) is 55.9 cm³/mol. The number of carbonyl (C=O) groups is 1. The maximum Gasteiger partial charge on any atom is 0.356 e. The van der Waals surface area contributed by atoms with Crippen LogP contribution in [0.1, 0.15) is 10.5 Å². The number of aromatic nitrogens is 1. The summed E-state index contributed by atoms with van der Waals surface area (Å²) in [6.07, 6.45) is 1.56. The molecule has 0 saturated carbocycles. The van der Waals surface area contributed by atoms with Crippen LogP contribution in [0.5, 0.6) is 0 Å². The van der Waals surface area contributed by atoms with Crippen LogP contribution in [0.3, 0.4) is 0 Å². The van der Waals surface area contributed by atoms with Gasteiger partial charge in [-0.2, -0.15) is 0 Å². The van der Waals surface area contributed by atoms with E-state index in [0.29, 0.717) is 18.8 Å². The van der Waals surface area contributed by atoms with Gasteiger partial charge in [0.05, 0.1) is 13.7 Å². The van der Waals surface area contributed by atoms with E-state index in [1.807, 2.05) is 0 Å². The molecular weight excluding hydrogens is 196 g/mol. The molecule has 1 aromatic rings. The summed E-state index contributed by atoms with van der Waals surface area (Å²) >= 11 is 0. The van der Waals surface area contributed by atoms with Gasteiger partial charge < -0.3 is 14.8 Å². The lowest BCUT2D eigenvalue weighted by Crippen LogP contribution is -2.09. The van der Waals surface area contributed by atoms with E-state index < -0.39 is 5.97 Å². The molecule has 0 saturated heterocycles. The quantitative estimate of drug-likeness (QED) is 0.578. The van der Waals surface area contributed by atoms with Crippen LogP contribution >= 0.6 is 0 Å². The Balaban J connectivity index is 2.62. The molecule has 0 radical (unpaired) electrons. The van der Waals surface area contributed by atoms with E-state index in [0.717, 1.165) is 5.69 Å². The summed E-state index contributed by atoms with van der Waals surface area (Å²) in [4.78, 5) is 15.1. The summed E-state index contributed by atoms with van der Waals surface area (Å²) in [7, 11) is 2.96. The largest absolute Gasteiger partial charge is 0.464 e. The normalized spacial score (nSPS) is 9.73. The van der Waals surface area contributed by atoms with E-state index in [2.05, 4.69) is 15.0 Å². The highest BCUT2D eigenvalue weighted by atomic mass is 16.5. The minimum absolute atomic E-state index is 0.292. The molecule has 1 heterocycles. The summed E-state index contributed by atoms with van der Waals surface area (Å²) in [5.41, 5.74) is 1.11. The molecule has 0 aliphatic rings. The molecule has 0 aliphatic heterocycles. The van der Waals surface area contributed by atoms with Gasteiger partial charge in [-0.05, 0) is 12.1 Å². The van der Waals surface area contributed by atoms with Gasteiger partial charge in [0, 0.05) is 25.5 Å². The summed E-state index contributed by atoms with van der Waals surface area (Å²) in [6, 6.07) is 3.42. The van der Waals surface area contributed by atoms with Gasteiger partial charge in [-0.1, -0.05) is 0 Å². The number of carbonyl (C=O) groups excluding carboxylic acids is 1. The average molecular weight is 210 g/mol. The standard InChI is InChI=1S/C10H14N2O3/c1-14-6-5-11-8-3-4-12-9(7-8)10(13)15-2/h3-4,7H,5-6H2,1-2H3,(H,11,12). The molecule has 0 amide bonds. The molecule has 0 spiro atoms. The lowest BCUT2D eigenvalue weighted by molar-refractivity contribution is 0.0594. The van der Waals surface area contributed by atoms with Gasteiger partial charge in [0.15, 0.2) is 0 Å². The molecule has 0 atom stereocenters. The highest BCUT2D eigenvalue weighted by Crippen LogP contribution is 2.08. The lowest BCUT2D eigenvalue weighted by atomic mass is 10.3. The van der Waals surface area contributed by atoms with Crippen molar-refractivity contribution < 1.29 is 14.3 Å². The molecule has 1 rings (SSSR count). The van der Waals surface area contributed by atoms with Crippen molar-refractivity contribution in [2.24, 2.45) is 0 Å². The first kappa shape index (κ1) is 11.5. The zero-order chi connectivity index (χ0) is 11.1. The van der Waals surface area contributed by atoms with Gasteiger partial charge in [-0.25, -0.2) is 9.78 Å². The fourth-order valence-corrected chi connectivity index (χ4v) is 1.05. The summed E-state index contributed by atoms with van der Waals surface area (Å²) in [5, 5.41) is 3.09. The van der Waals surface area contributed by atoms with Crippen LogP contribution in [0.15, 0.2) is 18.3 Å². The van der Waals surface area contributed by atoms with Crippen LogP contribution in [0, 0.1) is 0 Å². The van der Waals surface area contributed by atoms with E-state index in [9.17, 15) is 4.79 Å². The van der Waals surface area contributed by atoms with Crippen molar-refractivity contribution in [2.75, 3.05) is 32.7 Å². The summed E-state index contributed by atoms with van der Waals surface area (Å²) in [6.45, 7) is 1.29. The van der Waals surface area contributed by atoms with Crippen molar-refractivity contribution in [1.82, 2.24) is 4.98 Å². The Hall–Kier alpha value is -1.62. The molecule has 0 unspecified atom stereocenters. The number of methoxy groups -OCH3 is 2. The van der Waals surface area contributed by atoms with Crippen molar-refractivity contribution in [3.8, 4) is 0 Å². The number of esters is 1. The van der Waals surface area contributed by atoms with Gasteiger partial charge in [0.25, 0.3) is 0 Å². The molecule has 15 heavy (non-hydrogen) atoms. The molecule has 0 bridgehead atoms. The highest BCUT2D eigenvalue weighted by Gasteiger charge is 2.06. The molecule has 0 aromatic carbocycles. The lowest BCUT2D eigenvalue weighted by Gasteiger charge is -2.06. The Labute approximate surface area is 88.4 Å². The number of pyridine rings is 1. The van der Waals surface area contributed by atoms with Crippen LogP contribution in [0.2, 0.25) is 0 Å². The average Bonchev–Trinajstić information content (AvgIpc) is 2.29. The minimum Gasteiger partial charge on any atom is -0.464 e. The number of nitrogens with one attached hydrogen (secondary N) is 1. The van der Waals surface area contributed by atoms with Crippen molar-refractivity contribution >= 4 is 11.7 Å². The van der Waals surface area contributed by atoms with E-state index >= 15 is 0 Å². The maximum atomic E-state index is 11.2. The molecule has 1 N–H and O–H groups in total. The van der Waals surface area contributed by atoms with Gasteiger partial charge in [-0.15, -0.1) is 0 Å². The van der Waals surface area contributed by atoms with Crippen LogP contribution in [-0.2, 0) is 9.47 Å². The monoisotopic (exact) mass is 210 g/mol. The number of anilines is 1. The van der Waals surface area contributed by atoms with Crippen molar-refractivity contribution in [3.05, 3.63) is 24.0 Å². The van der Waals surface area contributed by atoms with Crippen molar-refractivity contribution in [1.29, 1.82) is 0 Å². The second-order valence-corrected chi connectivity index (χ2v) is 2.84. The fraction of sp³-hybridized carbons (Fsp3) is 0.400. The number of rotatable bonds is 5. The van der Waals surface area contributed by atoms with E-state index in [4.69, 9.17) is 4.74 Å². The Morgan fingerprint density at radius 2 is 2.33 bits per heavy atom. The Morgan fingerprint density at radius 3 is 3.00 bits per heavy atom. The number of hydrogen-bond donors (Lipinski definition) is 1. The van der Waals surface area contributed by atoms with Gasteiger partial charge in [0.1, 0.15) is 5.69 Å². The molecule has 0 aliphatic carbocycles. The first-order chi connectivity index (χ1) is 7.27. The summed E-state index contributed by atoms with van der Waals surface area (Å²) in [5.74, 6) is -0.439. The molecule has 5 nitrogen and oxygen atoms in total. The Kier molecular flexibility index (Phi) is 4.56. The smallest absolute Gasteiger partial charge is 0.356 e. The maximum absolute atomic E-state index is 11.2. The fourth-order valence-electron chi connectivity index (χ4n) is 1.05. The highest BCUT2D eigenvalue weighted by molar-refractivity contribution is 5.88. The van der Waals surface area contributed by atoms with Crippen LogP contribution in [0.4, 0.5) is 5.69 Å². The molecule has 1 aromatic heterocycles. The van der Waals surface area contributed by atoms with E-state index in [1.54, 1.807) is 25.4 Å². The molecular formula is C10H14N2O3. The number of hydrogen-bond acceptors (Lipinski definition) is 5. The number of nitrogens with zero attached hydrogens (tertiary/aromatic N) is 1. The minimum atomic E-state index is -0.439. The third-order valence-corrected chi connectivity index (χ3v) is 1.79. The van der Waals surface area contributed by atoms with Crippen molar-refractivity contribution in [2.45, 2.75) is 0 Å². The summed E-state index contributed by atoms with van der Waals surface area (Å²) < 4.78 is 9.46. The molecule has 5 heteroatoms. The van der Waals surface area contributed by atoms with E-state index in [-0.39, 0.29) is 0 Å². The van der Waals surface area contributed by atoms with Gasteiger partial charge in [0.2, 0.25) is 0 Å². The Bertz CT molecular complexity index is 328. The van der Waals surface area contributed by atoms with E-state index in [1.165, 1.54) is 7.11 Å². The SMILES string of the molecule is COCCNc1ccnc(C(=O)OC)c1. The topological polar surface area (TPSA) is 60.5 Å². The van der Waals surface area contributed by atoms with Gasteiger partial charge in [-0.3, -0.25) is 0 Å². The predicted octanol–water partition coefficient (Wildman–Crippen LogP) is 0.927. The third kappa shape index (κ3) is 3.55. The first-order valence-corrected chi connectivity index (χ1v) is 4.55. The molecule has 82 valence electrons. The first-order valence-electron chi connectivity index (χ1n) is 4.55. The van der Waals surface area contributed by atoms with Crippen molar-refractivity contribution in [3.63, 3.8) is 0 Å². The zero-order valence-electron chi connectivity index (χ0n) is 8.82. The van der Waals surface area contributed by atoms with Crippen LogP contribution in [-0.4, -0.2) is 38.3 Å². The van der Waals surface area contributed by atoms with Crippen LogP contribution < -0.4 is 5.32 Å². The Morgan fingerprint density at radius 1 is 1.53 bits per heavy atom. The zero-order valence-corrected chi connectivity index (χ0v) is 8.82. The number of ether oxygens (including phenoxy) is 2. The van der Waals surface area contributed by atoms with Gasteiger partial charge >= 0.3 is 5.97 Å². The molecule has 0 fully saturated rings. The third-order valence-electron chi connectivity index (χ3n) is 1.79. The van der Waals surface area contributed by atoms with Crippen LogP contribution in [0.25, 0.3) is 0 Å².